The van der Waals surface area contributed by atoms with Gasteiger partial charge in [0.1, 0.15) is 5.82 Å². The molecule has 36 heavy (non-hydrogen) atoms. The number of nitrogens with zero attached hydrogens (tertiary/aromatic N) is 3. The normalized spacial score (nSPS) is 16.0. The summed E-state index contributed by atoms with van der Waals surface area (Å²) in [5.41, 5.74) is 4.61. The van der Waals surface area contributed by atoms with Gasteiger partial charge in [0.2, 0.25) is 0 Å². The molecule has 1 aromatic carbocycles. The molecule has 0 saturated carbocycles. The van der Waals surface area contributed by atoms with Gasteiger partial charge in [-0.25, -0.2) is 4.98 Å². The molecular formula is C27H36ClN3O5. The van der Waals surface area contributed by atoms with Gasteiger partial charge in [-0.3, -0.25) is 9.59 Å². The number of hydrogen-bond donors (Lipinski definition) is 2. The zero-order valence-corrected chi connectivity index (χ0v) is 22.0. The van der Waals surface area contributed by atoms with Crippen LogP contribution in [0.1, 0.15) is 43.7 Å². The smallest absolute Gasteiger partial charge is 0.309 e. The number of carbonyl (C=O) groups is 1. The summed E-state index contributed by atoms with van der Waals surface area (Å²) in [6, 6.07) is 8.16. The molecule has 3 aromatic rings. The third-order valence-corrected chi connectivity index (χ3v) is 7.10. The van der Waals surface area contributed by atoms with Gasteiger partial charge in [0, 0.05) is 44.1 Å². The number of benzene rings is 1. The number of aliphatic hydroxyl groups is 1. The van der Waals surface area contributed by atoms with E-state index in [1.807, 2.05) is 19.2 Å². The molecule has 2 aromatic heterocycles. The molecule has 0 bridgehead atoms. The molecule has 3 heterocycles. The Bertz CT molecular complexity index is 1230. The summed E-state index contributed by atoms with van der Waals surface area (Å²) in [7, 11) is 1.76. The molecule has 0 aliphatic carbocycles. The molecule has 0 amide bonds. The second kappa shape index (κ2) is 12.0. The molecule has 196 valence electrons. The lowest BCUT2D eigenvalue weighted by molar-refractivity contribution is -0.145. The third-order valence-electron chi connectivity index (χ3n) is 7.10. The number of aliphatic hydroxyl groups excluding tert-OH is 1. The Kier molecular flexibility index (Phi) is 9.33. The van der Waals surface area contributed by atoms with Crippen molar-refractivity contribution in [2.45, 2.75) is 58.6 Å². The molecule has 2 atom stereocenters. The van der Waals surface area contributed by atoms with Gasteiger partial charge in [-0.2, -0.15) is 0 Å². The van der Waals surface area contributed by atoms with Crippen LogP contribution in [-0.4, -0.2) is 49.6 Å². The molecule has 0 spiro atoms. The predicted octanol–water partition coefficient (Wildman–Crippen LogP) is 3.96. The van der Waals surface area contributed by atoms with E-state index < -0.39 is 18.0 Å². The number of imidazole rings is 1. The number of carboxylic acids is 1. The molecule has 1 aliphatic rings. The maximum absolute atomic E-state index is 12.3. The van der Waals surface area contributed by atoms with Crippen LogP contribution in [0, 0.1) is 18.8 Å². The summed E-state index contributed by atoms with van der Waals surface area (Å²) in [4.78, 5) is 28.6. The molecule has 2 N–H and O–H groups in total. The largest absolute Gasteiger partial charge is 0.481 e. The fraction of sp³-hybridized carbons (Fsp3) is 0.519. The summed E-state index contributed by atoms with van der Waals surface area (Å²) in [6.45, 7) is 5.75. The summed E-state index contributed by atoms with van der Waals surface area (Å²) in [5, 5.41) is 19.0. The van der Waals surface area contributed by atoms with Crippen LogP contribution in [0.15, 0.2) is 35.3 Å². The van der Waals surface area contributed by atoms with Gasteiger partial charge in [-0.1, -0.05) is 6.07 Å². The zero-order valence-electron chi connectivity index (χ0n) is 21.1. The Balaban J connectivity index is 0.00000361. The SMILES string of the molecule is Cc1cc(-c2nc3cc(CCC[C@H](C(=O)O)[C@@H](C)O)ccc3n2CC2CCOCC2)cn(C)c1=O.Cl. The van der Waals surface area contributed by atoms with Crippen LogP contribution in [0.5, 0.6) is 0 Å². The van der Waals surface area contributed by atoms with Gasteiger partial charge in [0.05, 0.1) is 23.1 Å². The van der Waals surface area contributed by atoms with Crippen LogP contribution in [0.3, 0.4) is 0 Å². The highest BCUT2D eigenvalue weighted by Crippen LogP contribution is 2.29. The summed E-state index contributed by atoms with van der Waals surface area (Å²) >= 11 is 0. The second-order valence-corrected chi connectivity index (χ2v) is 9.83. The van der Waals surface area contributed by atoms with Gasteiger partial charge in [-0.05, 0) is 75.6 Å². The first-order valence-electron chi connectivity index (χ1n) is 12.4. The van der Waals surface area contributed by atoms with E-state index in [0.29, 0.717) is 30.7 Å². The number of pyridine rings is 1. The molecule has 1 fully saturated rings. The van der Waals surface area contributed by atoms with Crippen LogP contribution in [0.25, 0.3) is 22.4 Å². The molecule has 4 rings (SSSR count). The van der Waals surface area contributed by atoms with Gasteiger partial charge in [0.25, 0.3) is 5.56 Å². The number of ether oxygens (including phenoxy) is 1. The van der Waals surface area contributed by atoms with Crippen molar-refractivity contribution in [3.63, 3.8) is 0 Å². The fourth-order valence-electron chi connectivity index (χ4n) is 5.02. The first-order chi connectivity index (χ1) is 16.7. The van der Waals surface area contributed by atoms with Crippen LogP contribution >= 0.6 is 12.4 Å². The lowest BCUT2D eigenvalue weighted by Gasteiger charge is -2.23. The minimum absolute atomic E-state index is 0. The van der Waals surface area contributed by atoms with Gasteiger partial charge in [-0.15, -0.1) is 12.4 Å². The van der Waals surface area contributed by atoms with Crippen molar-refractivity contribution in [2.24, 2.45) is 18.9 Å². The lowest BCUT2D eigenvalue weighted by Crippen LogP contribution is -2.25. The number of aryl methyl sites for hydroxylation is 3. The van der Waals surface area contributed by atoms with E-state index in [0.717, 1.165) is 60.6 Å². The number of rotatable bonds is 9. The van der Waals surface area contributed by atoms with E-state index in [2.05, 4.69) is 22.8 Å². The Morgan fingerprint density at radius 3 is 2.61 bits per heavy atom. The van der Waals surface area contributed by atoms with Crippen LogP contribution in [0.2, 0.25) is 0 Å². The Hall–Kier alpha value is -2.68. The van der Waals surface area contributed by atoms with Crippen molar-refractivity contribution in [2.75, 3.05) is 13.2 Å². The first-order valence-corrected chi connectivity index (χ1v) is 12.4. The number of aromatic nitrogens is 3. The summed E-state index contributed by atoms with van der Waals surface area (Å²) in [6.07, 6.45) is 4.81. The molecule has 8 nitrogen and oxygen atoms in total. The number of carboxylic acid groups (broad SMARTS) is 1. The van der Waals surface area contributed by atoms with E-state index in [1.54, 1.807) is 11.6 Å². The predicted molar refractivity (Wildman–Crippen MR) is 142 cm³/mol. The highest BCUT2D eigenvalue weighted by Gasteiger charge is 2.23. The maximum Gasteiger partial charge on any atom is 0.309 e. The topological polar surface area (TPSA) is 107 Å². The number of fused-ring (bicyclic) bond motifs is 1. The van der Waals surface area contributed by atoms with Gasteiger partial charge < -0.3 is 24.1 Å². The van der Waals surface area contributed by atoms with E-state index in [-0.39, 0.29) is 18.0 Å². The van der Waals surface area contributed by atoms with Crippen molar-refractivity contribution in [1.29, 1.82) is 0 Å². The quantitative estimate of drug-likeness (QED) is 0.445. The monoisotopic (exact) mass is 517 g/mol. The van der Waals surface area contributed by atoms with Crippen LogP contribution in [0.4, 0.5) is 0 Å². The highest BCUT2D eigenvalue weighted by atomic mass is 35.5. The molecular weight excluding hydrogens is 482 g/mol. The van der Waals surface area contributed by atoms with Crippen molar-refractivity contribution in [3.05, 3.63) is 51.9 Å². The average Bonchev–Trinajstić information content (AvgIpc) is 3.17. The van der Waals surface area contributed by atoms with Crippen molar-refractivity contribution >= 4 is 29.4 Å². The van der Waals surface area contributed by atoms with Gasteiger partial charge in [0.15, 0.2) is 0 Å². The molecule has 1 saturated heterocycles. The summed E-state index contributed by atoms with van der Waals surface area (Å²) < 4.78 is 9.42. The molecule has 0 unspecified atom stereocenters. The number of hydrogen-bond acceptors (Lipinski definition) is 5. The molecule has 1 aliphatic heterocycles. The lowest BCUT2D eigenvalue weighted by atomic mass is 9.95. The molecule has 9 heteroatoms. The Morgan fingerprint density at radius 1 is 1.25 bits per heavy atom. The van der Waals surface area contributed by atoms with Gasteiger partial charge >= 0.3 is 5.97 Å². The number of aliphatic carboxylic acids is 1. The minimum Gasteiger partial charge on any atom is -0.481 e. The summed E-state index contributed by atoms with van der Waals surface area (Å²) in [5.74, 6) is -0.361. The minimum atomic E-state index is -0.959. The van der Waals surface area contributed by atoms with Crippen molar-refractivity contribution < 1.29 is 19.7 Å². The Labute approximate surface area is 217 Å². The third kappa shape index (κ3) is 6.17. The zero-order chi connectivity index (χ0) is 25.1. The first kappa shape index (κ1) is 27.9. The van der Waals surface area contributed by atoms with Crippen LogP contribution < -0.4 is 5.56 Å². The van der Waals surface area contributed by atoms with Crippen LogP contribution in [-0.2, 0) is 29.5 Å². The second-order valence-electron chi connectivity index (χ2n) is 9.83. The fourth-order valence-corrected chi connectivity index (χ4v) is 5.02. The van der Waals surface area contributed by atoms with E-state index >= 15 is 0 Å². The average molecular weight is 518 g/mol. The Morgan fingerprint density at radius 2 is 1.97 bits per heavy atom. The maximum atomic E-state index is 12.3. The number of halogens is 1. The highest BCUT2D eigenvalue weighted by molar-refractivity contribution is 5.85. The molecule has 0 radical (unpaired) electrons. The van der Waals surface area contributed by atoms with Crippen molar-refractivity contribution in [3.8, 4) is 11.4 Å². The van der Waals surface area contributed by atoms with E-state index in [4.69, 9.17) is 9.72 Å². The van der Waals surface area contributed by atoms with Crippen molar-refractivity contribution in [1.82, 2.24) is 14.1 Å². The standard InChI is InChI=1S/C27H35N3O5.ClH/c1-17-13-21(16-29(3)26(17)32)25-28-23-14-19(5-4-6-22(18(2)31)27(33)34)7-8-24(23)30(25)15-20-9-11-35-12-10-20;/h7-8,13-14,16,18,20,22,31H,4-6,9-12,15H2,1-3H3,(H,33,34);1H/t18-,22+;/m1./s1. The van der Waals surface area contributed by atoms with E-state index in [1.165, 1.54) is 6.92 Å². The van der Waals surface area contributed by atoms with E-state index in [9.17, 15) is 19.8 Å².